The van der Waals surface area contributed by atoms with Gasteiger partial charge in [-0.3, -0.25) is 9.69 Å². The molecule has 7 nitrogen and oxygen atoms in total. The molecule has 0 spiro atoms. The van der Waals surface area contributed by atoms with Gasteiger partial charge in [0.05, 0.1) is 0 Å². The van der Waals surface area contributed by atoms with Gasteiger partial charge in [0.2, 0.25) is 5.91 Å². The molecule has 1 aliphatic heterocycles. The molecule has 158 valence electrons. The van der Waals surface area contributed by atoms with Crippen LogP contribution in [0.15, 0.2) is 54.6 Å². The SMILES string of the molecule is Cc1ccccc1C[C@H](NC(=O)[C@H]1CCCN1C(=O)OCc1ccccc1)C(=O)O. The van der Waals surface area contributed by atoms with Crippen LogP contribution in [0.2, 0.25) is 0 Å². The number of carboxylic acid groups (broad SMARTS) is 1. The van der Waals surface area contributed by atoms with E-state index in [0.29, 0.717) is 19.4 Å². The average molecular weight is 410 g/mol. The number of amides is 2. The number of carboxylic acids is 1. The first-order chi connectivity index (χ1) is 14.5. The predicted octanol–water partition coefficient (Wildman–Crippen LogP) is 2.91. The highest BCUT2D eigenvalue weighted by Crippen LogP contribution is 2.20. The molecule has 2 N–H and O–H groups in total. The van der Waals surface area contributed by atoms with Gasteiger partial charge in [-0.1, -0.05) is 54.6 Å². The fourth-order valence-electron chi connectivity index (χ4n) is 3.59. The maximum Gasteiger partial charge on any atom is 0.410 e. The minimum atomic E-state index is -1.11. The van der Waals surface area contributed by atoms with Crippen molar-refractivity contribution in [1.82, 2.24) is 10.2 Å². The van der Waals surface area contributed by atoms with Crippen molar-refractivity contribution in [2.24, 2.45) is 0 Å². The van der Waals surface area contributed by atoms with Crippen molar-refractivity contribution in [3.63, 3.8) is 0 Å². The predicted molar refractivity (Wildman–Crippen MR) is 111 cm³/mol. The van der Waals surface area contributed by atoms with Crippen molar-refractivity contribution in [3.05, 3.63) is 71.3 Å². The third kappa shape index (κ3) is 5.37. The maximum atomic E-state index is 12.8. The first-order valence-corrected chi connectivity index (χ1v) is 10.0. The Morgan fingerprint density at radius 1 is 1.13 bits per heavy atom. The summed E-state index contributed by atoms with van der Waals surface area (Å²) in [5, 5.41) is 12.2. The molecule has 0 aliphatic carbocycles. The number of carbonyl (C=O) groups is 3. The molecule has 30 heavy (non-hydrogen) atoms. The van der Waals surface area contributed by atoms with Gasteiger partial charge in [-0.05, 0) is 36.5 Å². The minimum absolute atomic E-state index is 0.121. The molecule has 0 aromatic heterocycles. The van der Waals surface area contributed by atoms with Crippen molar-refractivity contribution in [2.45, 2.75) is 44.9 Å². The Morgan fingerprint density at radius 2 is 1.83 bits per heavy atom. The van der Waals surface area contributed by atoms with Gasteiger partial charge < -0.3 is 15.2 Å². The summed E-state index contributed by atoms with van der Waals surface area (Å²) >= 11 is 0. The standard InChI is InChI=1S/C23H26N2O5/c1-16-8-5-6-11-18(16)14-19(22(27)28)24-21(26)20-12-7-13-25(20)23(29)30-15-17-9-3-2-4-10-17/h2-6,8-11,19-20H,7,12-15H2,1H3,(H,24,26)(H,27,28)/t19-,20+/m0/s1. The second-order valence-electron chi connectivity index (χ2n) is 7.42. The number of aryl methyl sites for hydroxylation is 1. The lowest BCUT2D eigenvalue weighted by molar-refractivity contribution is -0.142. The smallest absolute Gasteiger partial charge is 0.410 e. The molecule has 2 aromatic carbocycles. The summed E-state index contributed by atoms with van der Waals surface area (Å²) < 4.78 is 5.35. The van der Waals surface area contributed by atoms with E-state index in [2.05, 4.69) is 5.32 Å². The number of nitrogens with zero attached hydrogens (tertiary/aromatic N) is 1. The van der Waals surface area contributed by atoms with Gasteiger partial charge in [-0.25, -0.2) is 9.59 Å². The highest BCUT2D eigenvalue weighted by Gasteiger charge is 2.36. The normalized spacial score (nSPS) is 16.7. The fraction of sp³-hybridized carbons (Fsp3) is 0.348. The number of ether oxygens (including phenoxy) is 1. The molecule has 1 saturated heterocycles. The number of nitrogens with one attached hydrogen (secondary N) is 1. The van der Waals surface area contributed by atoms with Crippen LogP contribution in [0.25, 0.3) is 0 Å². The molecule has 3 rings (SSSR count). The summed E-state index contributed by atoms with van der Waals surface area (Å²) in [7, 11) is 0. The zero-order valence-corrected chi connectivity index (χ0v) is 16.9. The van der Waals surface area contributed by atoms with E-state index in [1.165, 1.54) is 4.90 Å². The summed E-state index contributed by atoms with van der Waals surface area (Å²) in [5.74, 6) is -1.58. The zero-order valence-electron chi connectivity index (χ0n) is 16.9. The third-order valence-corrected chi connectivity index (χ3v) is 5.29. The van der Waals surface area contributed by atoms with E-state index < -0.39 is 30.1 Å². The van der Waals surface area contributed by atoms with Crippen molar-refractivity contribution in [1.29, 1.82) is 0 Å². The van der Waals surface area contributed by atoms with Crippen LogP contribution in [-0.4, -0.2) is 46.6 Å². The summed E-state index contributed by atoms with van der Waals surface area (Å²) in [6, 6.07) is 15.0. The molecule has 2 aromatic rings. The molecular weight excluding hydrogens is 384 g/mol. The number of hydrogen-bond acceptors (Lipinski definition) is 4. The summed E-state index contributed by atoms with van der Waals surface area (Å²) in [6.07, 6.45) is 0.748. The van der Waals surface area contributed by atoms with Crippen molar-refractivity contribution >= 4 is 18.0 Å². The minimum Gasteiger partial charge on any atom is -0.480 e. The van der Waals surface area contributed by atoms with Crippen LogP contribution in [0.5, 0.6) is 0 Å². The van der Waals surface area contributed by atoms with E-state index in [4.69, 9.17) is 4.74 Å². The van der Waals surface area contributed by atoms with Crippen LogP contribution >= 0.6 is 0 Å². The number of hydrogen-bond donors (Lipinski definition) is 2. The Kier molecular flexibility index (Phi) is 7.06. The van der Waals surface area contributed by atoms with Gasteiger partial charge in [0.1, 0.15) is 18.7 Å². The van der Waals surface area contributed by atoms with Crippen molar-refractivity contribution in [3.8, 4) is 0 Å². The van der Waals surface area contributed by atoms with Gasteiger partial charge in [0.25, 0.3) is 0 Å². The quantitative estimate of drug-likeness (QED) is 0.732. The van der Waals surface area contributed by atoms with Crippen LogP contribution in [0, 0.1) is 6.92 Å². The second kappa shape index (κ2) is 9.91. The summed E-state index contributed by atoms with van der Waals surface area (Å²) in [6.45, 7) is 2.42. The Bertz CT molecular complexity index is 899. The lowest BCUT2D eigenvalue weighted by Crippen LogP contribution is -2.51. The zero-order chi connectivity index (χ0) is 21.5. The van der Waals surface area contributed by atoms with Crippen LogP contribution in [0.1, 0.15) is 29.5 Å². The largest absolute Gasteiger partial charge is 0.480 e. The Morgan fingerprint density at radius 3 is 2.53 bits per heavy atom. The number of aliphatic carboxylic acids is 1. The number of benzene rings is 2. The molecular formula is C23H26N2O5. The van der Waals surface area contributed by atoms with E-state index >= 15 is 0 Å². The number of likely N-dealkylation sites (tertiary alicyclic amines) is 1. The van der Waals surface area contributed by atoms with Crippen LogP contribution in [0.4, 0.5) is 4.79 Å². The number of rotatable bonds is 7. The molecule has 0 radical (unpaired) electrons. The lowest BCUT2D eigenvalue weighted by atomic mass is 10.0. The molecule has 2 amide bonds. The molecule has 1 aliphatic rings. The molecule has 1 fully saturated rings. The van der Waals surface area contributed by atoms with E-state index in [-0.39, 0.29) is 13.0 Å². The number of carbonyl (C=O) groups excluding carboxylic acids is 2. The second-order valence-corrected chi connectivity index (χ2v) is 7.42. The maximum absolute atomic E-state index is 12.8. The molecule has 1 heterocycles. The first-order valence-electron chi connectivity index (χ1n) is 10.0. The van der Waals surface area contributed by atoms with E-state index in [9.17, 15) is 19.5 Å². The highest BCUT2D eigenvalue weighted by atomic mass is 16.6. The lowest BCUT2D eigenvalue weighted by Gasteiger charge is -2.25. The van der Waals surface area contributed by atoms with Gasteiger partial charge in [-0.2, -0.15) is 0 Å². The van der Waals surface area contributed by atoms with Crippen molar-refractivity contribution in [2.75, 3.05) is 6.54 Å². The molecule has 0 bridgehead atoms. The van der Waals surface area contributed by atoms with Gasteiger partial charge in [-0.15, -0.1) is 0 Å². The Hall–Kier alpha value is -3.35. The highest BCUT2D eigenvalue weighted by molar-refractivity contribution is 5.89. The van der Waals surface area contributed by atoms with Gasteiger partial charge >= 0.3 is 12.1 Å². The van der Waals surface area contributed by atoms with Crippen LogP contribution in [0.3, 0.4) is 0 Å². The topological polar surface area (TPSA) is 95.9 Å². The van der Waals surface area contributed by atoms with E-state index in [1.807, 2.05) is 61.5 Å². The van der Waals surface area contributed by atoms with Crippen molar-refractivity contribution < 1.29 is 24.2 Å². The third-order valence-electron chi connectivity index (χ3n) is 5.29. The molecule has 0 unspecified atom stereocenters. The first kappa shape index (κ1) is 21.4. The Balaban J connectivity index is 1.61. The van der Waals surface area contributed by atoms with E-state index in [0.717, 1.165) is 16.7 Å². The molecule has 0 saturated carbocycles. The van der Waals surface area contributed by atoms with Crippen LogP contribution < -0.4 is 5.32 Å². The van der Waals surface area contributed by atoms with Gasteiger partial charge in [0.15, 0.2) is 0 Å². The van der Waals surface area contributed by atoms with Gasteiger partial charge in [0, 0.05) is 13.0 Å². The monoisotopic (exact) mass is 410 g/mol. The van der Waals surface area contributed by atoms with E-state index in [1.54, 1.807) is 0 Å². The molecule has 2 atom stereocenters. The average Bonchev–Trinajstić information content (AvgIpc) is 3.24. The molecule has 7 heteroatoms. The summed E-state index contributed by atoms with van der Waals surface area (Å²) in [5.41, 5.74) is 2.68. The summed E-state index contributed by atoms with van der Waals surface area (Å²) in [4.78, 5) is 38.4. The van der Waals surface area contributed by atoms with Crippen LogP contribution in [-0.2, 0) is 27.4 Å². The fourth-order valence-corrected chi connectivity index (χ4v) is 3.59. The Labute approximate surface area is 175 Å².